The molecule has 0 aromatic heterocycles. The molecular formula is C21H25NO5S. The lowest BCUT2D eigenvalue weighted by molar-refractivity contribution is -0.135. The molecule has 7 heteroatoms. The fourth-order valence-electron chi connectivity index (χ4n) is 3.33. The lowest BCUT2D eigenvalue weighted by Gasteiger charge is -2.28. The van der Waals surface area contributed by atoms with Crippen LogP contribution in [0.5, 0.6) is 11.5 Å². The zero-order valence-electron chi connectivity index (χ0n) is 15.9. The molecule has 150 valence electrons. The van der Waals surface area contributed by atoms with Gasteiger partial charge in [-0.25, -0.2) is 8.42 Å². The van der Waals surface area contributed by atoms with Crippen LogP contribution < -0.4 is 9.47 Å². The number of amides is 1. The molecule has 0 radical (unpaired) electrons. The van der Waals surface area contributed by atoms with Gasteiger partial charge in [0.2, 0.25) is 0 Å². The van der Waals surface area contributed by atoms with Crippen LogP contribution in [0.15, 0.2) is 54.6 Å². The number of benzene rings is 2. The second-order valence-corrected chi connectivity index (χ2v) is 9.07. The topological polar surface area (TPSA) is 72.9 Å². The molecule has 1 aliphatic rings. The van der Waals surface area contributed by atoms with E-state index in [9.17, 15) is 13.2 Å². The van der Waals surface area contributed by atoms with E-state index in [0.29, 0.717) is 30.9 Å². The molecule has 3 rings (SSSR count). The maximum Gasteiger partial charge on any atom is 0.260 e. The smallest absolute Gasteiger partial charge is 0.260 e. The summed E-state index contributed by atoms with van der Waals surface area (Å²) in [5.74, 6) is 1.23. The molecule has 0 bridgehead atoms. The molecule has 1 atom stereocenters. The quantitative estimate of drug-likeness (QED) is 0.676. The number of hydrogen-bond acceptors (Lipinski definition) is 5. The maximum absolute atomic E-state index is 12.8. The lowest BCUT2D eigenvalue weighted by atomic mass is 10.1. The first kappa shape index (κ1) is 20.2. The molecule has 28 heavy (non-hydrogen) atoms. The van der Waals surface area contributed by atoms with Crippen LogP contribution in [-0.2, 0) is 21.1 Å². The molecule has 0 unspecified atom stereocenters. The first-order chi connectivity index (χ1) is 13.5. The van der Waals surface area contributed by atoms with Gasteiger partial charge in [-0.05, 0) is 42.7 Å². The van der Waals surface area contributed by atoms with Crippen molar-refractivity contribution in [2.24, 2.45) is 0 Å². The summed E-state index contributed by atoms with van der Waals surface area (Å²) in [5.41, 5.74) is 1.11. The number of ether oxygens (including phenoxy) is 2. The van der Waals surface area contributed by atoms with Crippen molar-refractivity contribution >= 4 is 15.7 Å². The highest BCUT2D eigenvalue weighted by molar-refractivity contribution is 7.91. The Morgan fingerprint density at radius 3 is 2.36 bits per heavy atom. The number of sulfone groups is 1. The largest absolute Gasteiger partial charge is 0.497 e. The van der Waals surface area contributed by atoms with E-state index in [2.05, 4.69) is 0 Å². The number of methoxy groups -OCH3 is 1. The average molecular weight is 404 g/mol. The predicted molar refractivity (Wildman–Crippen MR) is 107 cm³/mol. The number of hydrogen-bond donors (Lipinski definition) is 0. The molecule has 0 N–H and O–H groups in total. The fourth-order valence-corrected chi connectivity index (χ4v) is 5.06. The number of carbonyl (C=O) groups is 1. The van der Waals surface area contributed by atoms with Crippen molar-refractivity contribution in [1.82, 2.24) is 4.90 Å². The third kappa shape index (κ3) is 5.48. The molecule has 1 aliphatic heterocycles. The fraction of sp³-hybridized carbons (Fsp3) is 0.381. The summed E-state index contributed by atoms with van der Waals surface area (Å²) in [5, 5.41) is 0. The van der Waals surface area contributed by atoms with Gasteiger partial charge < -0.3 is 14.4 Å². The molecule has 1 saturated heterocycles. The summed E-state index contributed by atoms with van der Waals surface area (Å²) < 4.78 is 34.5. The van der Waals surface area contributed by atoms with Crippen LogP contribution in [0, 0.1) is 0 Å². The van der Waals surface area contributed by atoms with E-state index < -0.39 is 9.84 Å². The van der Waals surface area contributed by atoms with Gasteiger partial charge in [0, 0.05) is 12.6 Å². The third-order valence-electron chi connectivity index (χ3n) is 4.88. The Labute approximate surface area is 166 Å². The minimum atomic E-state index is -3.08. The van der Waals surface area contributed by atoms with Crippen molar-refractivity contribution in [2.45, 2.75) is 18.9 Å². The van der Waals surface area contributed by atoms with Crippen LogP contribution in [0.4, 0.5) is 0 Å². The summed E-state index contributed by atoms with van der Waals surface area (Å²) in [6.45, 7) is 0.340. The van der Waals surface area contributed by atoms with Crippen molar-refractivity contribution in [3.63, 3.8) is 0 Å². The predicted octanol–water partition coefficient (Wildman–Crippen LogP) is 2.33. The Morgan fingerprint density at radius 1 is 1.07 bits per heavy atom. The Morgan fingerprint density at radius 2 is 1.75 bits per heavy atom. The van der Waals surface area contributed by atoms with Crippen LogP contribution in [0.3, 0.4) is 0 Å². The number of carbonyl (C=O) groups excluding carboxylic acids is 1. The average Bonchev–Trinajstić information content (AvgIpc) is 3.07. The van der Waals surface area contributed by atoms with E-state index in [0.717, 1.165) is 5.56 Å². The molecule has 1 fully saturated rings. The van der Waals surface area contributed by atoms with Gasteiger partial charge in [0.05, 0.1) is 18.6 Å². The van der Waals surface area contributed by atoms with Crippen molar-refractivity contribution in [3.8, 4) is 11.5 Å². The van der Waals surface area contributed by atoms with E-state index in [1.807, 2.05) is 30.3 Å². The summed E-state index contributed by atoms with van der Waals surface area (Å²) in [6.07, 6.45) is 1.15. The van der Waals surface area contributed by atoms with Crippen molar-refractivity contribution < 1.29 is 22.7 Å². The van der Waals surface area contributed by atoms with Gasteiger partial charge in [-0.2, -0.15) is 0 Å². The van der Waals surface area contributed by atoms with Crippen molar-refractivity contribution in [3.05, 3.63) is 60.2 Å². The van der Waals surface area contributed by atoms with Gasteiger partial charge in [-0.1, -0.05) is 30.3 Å². The SMILES string of the molecule is COc1ccc(OCC(=O)N(CCc2ccccc2)[C@@H]2CCS(=O)(=O)C2)cc1. The highest BCUT2D eigenvalue weighted by atomic mass is 32.2. The van der Waals surface area contributed by atoms with Crippen LogP contribution in [0.1, 0.15) is 12.0 Å². The monoisotopic (exact) mass is 403 g/mol. The molecule has 2 aromatic carbocycles. The normalized spacial score (nSPS) is 17.8. The summed E-state index contributed by atoms with van der Waals surface area (Å²) >= 11 is 0. The van der Waals surface area contributed by atoms with Gasteiger partial charge >= 0.3 is 0 Å². The van der Waals surface area contributed by atoms with E-state index in [1.165, 1.54) is 0 Å². The van der Waals surface area contributed by atoms with Crippen LogP contribution >= 0.6 is 0 Å². The van der Waals surface area contributed by atoms with Crippen LogP contribution in [0.25, 0.3) is 0 Å². The van der Waals surface area contributed by atoms with Gasteiger partial charge in [-0.15, -0.1) is 0 Å². The van der Waals surface area contributed by atoms with Crippen LogP contribution in [0.2, 0.25) is 0 Å². The molecule has 1 amide bonds. The molecule has 1 heterocycles. The van der Waals surface area contributed by atoms with Gasteiger partial charge in [-0.3, -0.25) is 4.79 Å². The molecule has 0 spiro atoms. The summed E-state index contributed by atoms with van der Waals surface area (Å²) in [6, 6.07) is 16.6. The molecule has 0 saturated carbocycles. The highest BCUT2D eigenvalue weighted by Crippen LogP contribution is 2.20. The second kappa shape index (κ2) is 9.10. The minimum absolute atomic E-state index is 0.0239. The van der Waals surface area contributed by atoms with Crippen molar-refractivity contribution in [2.75, 3.05) is 31.8 Å². The summed E-state index contributed by atoms with van der Waals surface area (Å²) in [7, 11) is -1.50. The van der Waals surface area contributed by atoms with E-state index in [1.54, 1.807) is 36.3 Å². The molecule has 0 aliphatic carbocycles. The van der Waals surface area contributed by atoms with Gasteiger partial charge in [0.25, 0.3) is 5.91 Å². The Hall–Kier alpha value is -2.54. The molecule has 2 aromatic rings. The van der Waals surface area contributed by atoms with E-state index in [4.69, 9.17) is 9.47 Å². The first-order valence-corrected chi connectivity index (χ1v) is 11.1. The molecular weight excluding hydrogens is 378 g/mol. The van der Waals surface area contributed by atoms with Gasteiger partial charge in [0.1, 0.15) is 11.5 Å². The van der Waals surface area contributed by atoms with Gasteiger partial charge in [0.15, 0.2) is 16.4 Å². The zero-order chi connectivity index (χ0) is 20.0. The molecule has 6 nitrogen and oxygen atoms in total. The number of nitrogens with zero attached hydrogens (tertiary/aromatic N) is 1. The van der Waals surface area contributed by atoms with E-state index in [-0.39, 0.29) is 30.1 Å². The maximum atomic E-state index is 12.8. The Kier molecular flexibility index (Phi) is 6.57. The van der Waals surface area contributed by atoms with E-state index >= 15 is 0 Å². The second-order valence-electron chi connectivity index (χ2n) is 6.84. The Balaban J connectivity index is 1.65. The Bertz CT molecular complexity index is 881. The highest BCUT2D eigenvalue weighted by Gasteiger charge is 2.34. The summed E-state index contributed by atoms with van der Waals surface area (Å²) in [4.78, 5) is 14.5. The number of rotatable bonds is 8. The lowest BCUT2D eigenvalue weighted by Crippen LogP contribution is -2.44. The third-order valence-corrected chi connectivity index (χ3v) is 6.63. The van der Waals surface area contributed by atoms with Crippen molar-refractivity contribution in [1.29, 1.82) is 0 Å². The first-order valence-electron chi connectivity index (χ1n) is 9.27. The standard InChI is InChI=1S/C21H25NO5S/c1-26-19-7-9-20(10-8-19)27-15-21(23)22(18-12-14-28(24,25)16-18)13-11-17-5-3-2-4-6-17/h2-10,18H,11-16H2,1H3/t18-/m1/s1. The zero-order valence-corrected chi connectivity index (χ0v) is 16.7. The van der Waals surface area contributed by atoms with Crippen LogP contribution in [-0.4, -0.2) is 57.0 Å². The minimum Gasteiger partial charge on any atom is -0.497 e.